The predicted molar refractivity (Wildman–Crippen MR) is 74.8 cm³/mol. The minimum Gasteiger partial charge on any atom is -0.497 e. The fraction of sp³-hybridized carbons (Fsp3) is 0.333. The number of hydrogen-bond acceptors (Lipinski definition) is 4. The van der Waals surface area contributed by atoms with E-state index in [1.54, 1.807) is 13.2 Å². The Balaban J connectivity index is 1.79. The molecule has 0 bridgehead atoms. The van der Waals surface area contributed by atoms with Gasteiger partial charge in [0.1, 0.15) is 11.4 Å². The highest BCUT2D eigenvalue weighted by Crippen LogP contribution is 2.21. The summed E-state index contributed by atoms with van der Waals surface area (Å²) in [6.07, 6.45) is 0.963. The first-order chi connectivity index (χ1) is 9.65. The first-order valence-electron chi connectivity index (χ1n) is 6.59. The summed E-state index contributed by atoms with van der Waals surface area (Å²) < 4.78 is 5.15. The van der Waals surface area contributed by atoms with Crippen molar-refractivity contribution in [2.24, 2.45) is 0 Å². The van der Waals surface area contributed by atoms with E-state index in [9.17, 15) is 9.90 Å². The average Bonchev–Trinajstić information content (AvgIpc) is 2.44. The molecule has 1 heterocycles. The number of carbonyl (C=O) groups is 1. The highest BCUT2D eigenvalue weighted by atomic mass is 16.5. The topological polar surface area (TPSA) is 71.5 Å². The number of fused-ring (bicyclic) bond motifs is 1. The molecule has 1 amide bonds. The second-order valence-corrected chi connectivity index (χ2v) is 5.05. The smallest absolute Gasteiger partial charge is 0.270 e. The third kappa shape index (κ3) is 2.44. The molecule has 0 saturated heterocycles. The van der Waals surface area contributed by atoms with Crippen LogP contribution in [0.15, 0.2) is 30.3 Å². The summed E-state index contributed by atoms with van der Waals surface area (Å²) >= 11 is 0. The normalized spacial score (nSPS) is 21.3. The molecular formula is C15H16N2O3. The lowest BCUT2D eigenvalue weighted by Gasteiger charge is -2.31. The summed E-state index contributed by atoms with van der Waals surface area (Å²) in [6, 6.07) is 9.15. The molecular weight excluding hydrogens is 256 g/mol. The van der Waals surface area contributed by atoms with E-state index in [-0.39, 0.29) is 18.1 Å². The fourth-order valence-electron chi connectivity index (χ4n) is 2.32. The molecule has 1 aromatic carbocycles. The molecule has 0 radical (unpaired) electrons. The molecule has 1 fully saturated rings. The van der Waals surface area contributed by atoms with Crippen molar-refractivity contribution >= 4 is 16.8 Å². The summed E-state index contributed by atoms with van der Waals surface area (Å²) in [5, 5.41) is 13.0. The standard InChI is InChI=1S/C15H16N2O3/c1-20-12-3-5-13-9(6-12)2-4-14(17-13)15(19)16-10-7-11(18)8-10/h2-6,10-11,18H,7-8H2,1H3,(H,16,19). The summed E-state index contributed by atoms with van der Waals surface area (Å²) in [6.45, 7) is 0. The van der Waals surface area contributed by atoms with Crippen LogP contribution in [-0.2, 0) is 0 Å². The summed E-state index contributed by atoms with van der Waals surface area (Å²) in [7, 11) is 1.61. The van der Waals surface area contributed by atoms with E-state index in [0.29, 0.717) is 18.5 Å². The number of hydrogen-bond donors (Lipinski definition) is 2. The molecule has 5 nitrogen and oxygen atoms in total. The van der Waals surface area contributed by atoms with Crippen molar-refractivity contribution in [1.82, 2.24) is 10.3 Å². The zero-order valence-electron chi connectivity index (χ0n) is 11.2. The van der Waals surface area contributed by atoms with Crippen molar-refractivity contribution in [3.63, 3.8) is 0 Å². The Morgan fingerprint density at radius 1 is 1.35 bits per heavy atom. The first kappa shape index (κ1) is 12.9. The minimum atomic E-state index is -0.280. The molecule has 20 heavy (non-hydrogen) atoms. The number of pyridine rings is 1. The van der Waals surface area contributed by atoms with Crippen molar-refractivity contribution in [2.75, 3.05) is 7.11 Å². The van der Waals surface area contributed by atoms with Crippen LogP contribution in [0.5, 0.6) is 5.75 Å². The Morgan fingerprint density at radius 3 is 2.85 bits per heavy atom. The van der Waals surface area contributed by atoms with E-state index in [0.717, 1.165) is 16.7 Å². The summed E-state index contributed by atoms with van der Waals surface area (Å²) in [5.74, 6) is 0.569. The Morgan fingerprint density at radius 2 is 2.15 bits per heavy atom. The van der Waals surface area contributed by atoms with E-state index >= 15 is 0 Å². The number of carbonyl (C=O) groups excluding carboxylic acids is 1. The van der Waals surface area contributed by atoms with Crippen LogP contribution in [0, 0.1) is 0 Å². The van der Waals surface area contributed by atoms with Crippen molar-refractivity contribution in [3.8, 4) is 5.75 Å². The van der Waals surface area contributed by atoms with Gasteiger partial charge in [0.15, 0.2) is 0 Å². The Bertz CT molecular complexity index is 651. The third-order valence-corrected chi connectivity index (χ3v) is 3.58. The van der Waals surface area contributed by atoms with Gasteiger partial charge in [-0.3, -0.25) is 4.79 Å². The maximum Gasteiger partial charge on any atom is 0.270 e. The lowest BCUT2D eigenvalue weighted by atomic mass is 9.89. The van der Waals surface area contributed by atoms with Crippen LogP contribution >= 0.6 is 0 Å². The second-order valence-electron chi connectivity index (χ2n) is 5.05. The SMILES string of the molecule is COc1ccc2nc(C(=O)NC3CC(O)C3)ccc2c1. The van der Waals surface area contributed by atoms with E-state index < -0.39 is 0 Å². The van der Waals surface area contributed by atoms with E-state index in [2.05, 4.69) is 10.3 Å². The molecule has 0 atom stereocenters. The fourth-order valence-corrected chi connectivity index (χ4v) is 2.32. The van der Waals surface area contributed by atoms with E-state index in [4.69, 9.17) is 4.74 Å². The van der Waals surface area contributed by atoms with Crippen molar-refractivity contribution in [3.05, 3.63) is 36.0 Å². The highest BCUT2D eigenvalue weighted by Gasteiger charge is 2.28. The lowest BCUT2D eigenvalue weighted by molar-refractivity contribution is 0.0560. The first-order valence-corrected chi connectivity index (χ1v) is 6.59. The molecule has 0 spiro atoms. The van der Waals surface area contributed by atoms with E-state index in [1.807, 2.05) is 24.3 Å². The molecule has 1 aliphatic carbocycles. The zero-order valence-corrected chi connectivity index (χ0v) is 11.2. The number of nitrogens with zero attached hydrogens (tertiary/aromatic N) is 1. The summed E-state index contributed by atoms with van der Waals surface area (Å²) in [4.78, 5) is 16.4. The number of benzene rings is 1. The van der Waals surface area contributed by atoms with E-state index in [1.165, 1.54) is 0 Å². The number of aliphatic hydroxyl groups excluding tert-OH is 1. The molecule has 3 rings (SSSR count). The molecule has 5 heteroatoms. The predicted octanol–water partition coefficient (Wildman–Crippen LogP) is 1.50. The molecule has 1 aliphatic rings. The van der Waals surface area contributed by atoms with Gasteiger partial charge in [0.05, 0.1) is 18.7 Å². The van der Waals surface area contributed by atoms with Crippen LogP contribution in [0.3, 0.4) is 0 Å². The number of nitrogens with one attached hydrogen (secondary N) is 1. The van der Waals surface area contributed by atoms with Gasteiger partial charge in [-0.2, -0.15) is 0 Å². The van der Waals surface area contributed by atoms with Gasteiger partial charge in [-0.1, -0.05) is 6.07 Å². The van der Waals surface area contributed by atoms with Crippen molar-refractivity contribution in [1.29, 1.82) is 0 Å². The van der Waals surface area contributed by atoms with Gasteiger partial charge < -0.3 is 15.2 Å². The van der Waals surface area contributed by atoms with Crippen molar-refractivity contribution in [2.45, 2.75) is 25.0 Å². The number of aromatic nitrogens is 1. The van der Waals surface area contributed by atoms with Crippen LogP contribution in [0.4, 0.5) is 0 Å². The number of rotatable bonds is 3. The number of aliphatic hydroxyl groups is 1. The van der Waals surface area contributed by atoms with Crippen LogP contribution in [-0.4, -0.2) is 35.3 Å². The van der Waals surface area contributed by atoms with Gasteiger partial charge in [0.2, 0.25) is 0 Å². The zero-order chi connectivity index (χ0) is 14.1. The third-order valence-electron chi connectivity index (χ3n) is 3.58. The number of ether oxygens (including phenoxy) is 1. The number of amides is 1. The average molecular weight is 272 g/mol. The van der Waals surface area contributed by atoms with Crippen LogP contribution in [0.1, 0.15) is 23.3 Å². The summed E-state index contributed by atoms with van der Waals surface area (Å²) in [5.41, 5.74) is 1.15. The van der Waals surface area contributed by atoms with Crippen molar-refractivity contribution < 1.29 is 14.6 Å². The largest absolute Gasteiger partial charge is 0.497 e. The van der Waals surface area contributed by atoms with Crippen LogP contribution in [0.2, 0.25) is 0 Å². The Labute approximate surface area is 116 Å². The molecule has 104 valence electrons. The monoisotopic (exact) mass is 272 g/mol. The quantitative estimate of drug-likeness (QED) is 0.888. The molecule has 1 saturated carbocycles. The second kappa shape index (κ2) is 5.09. The molecule has 0 unspecified atom stereocenters. The molecule has 2 N–H and O–H groups in total. The van der Waals surface area contributed by atoms with Crippen LogP contribution in [0.25, 0.3) is 10.9 Å². The lowest BCUT2D eigenvalue weighted by Crippen LogP contribution is -2.46. The Hall–Kier alpha value is -2.14. The van der Waals surface area contributed by atoms with Gasteiger partial charge in [0, 0.05) is 11.4 Å². The maximum atomic E-state index is 12.0. The van der Waals surface area contributed by atoms with Gasteiger partial charge in [0.25, 0.3) is 5.91 Å². The van der Waals surface area contributed by atoms with Gasteiger partial charge >= 0.3 is 0 Å². The highest BCUT2D eigenvalue weighted by molar-refractivity contribution is 5.95. The molecule has 2 aromatic rings. The minimum absolute atomic E-state index is 0.0610. The molecule has 0 aliphatic heterocycles. The molecule has 1 aromatic heterocycles. The van der Waals surface area contributed by atoms with Crippen LogP contribution < -0.4 is 10.1 Å². The number of methoxy groups -OCH3 is 1. The van der Waals surface area contributed by atoms with Gasteiger partial charge in [-0.15, -0.1) is 0 Å². The Kier molecular flexibility index (Phi) is 3.28. The maximum absolute atomic E-state index is 12.0. The van der Waals surface area contributed by atoms with Gasteiger partial charge in [-0.25, -0.2) is 4.98 Å². The van der Waals surface area contributed by atoms with Gasteiger partial charge in [-0.05, 0) is 37.1 Å².